The van der Waals surface area contributed by atoms with Gasteiger partial charge >= 0.3 is 0 Å². The maximum absolute atomic E-state index is 13.6. The number of ketones is 1. The van der Waals surface area contributed by atoms with Gasteiger partial charge in [-0.25, -0.2) is 0 Å². The molecule has 0 radical (unpaired) electrons. The van der Waals surface area contributed by atoms with E-state index in [0.29, 0.717) is 25.2 Å². The van der Waals surface area contributed by atoms with E-state index < -0.39 is 0 Å². The number of Topliss-reactive ketones (excluding diaryl/α,β-unsaturated/α-hetero) is 1. The number of fused-ring (bicyclic) bond motifs is 1. The van der Waals surface area contributed by atoms with Gasteiger partial charge in [-0.05, 0) is 55.9 Å². The van der Waals surface area contributed by atoms with E-state index in [9.17, 15) is 9.59 Å². The monoisotopic (exact) mass is 409 g/mol. The molecule has 1 saturated heterocycles. The van der Waals surface area contributed by atoms with Crippen LogP contribution in [0.2, 0.25) is 0 Å². The molecule has 0 spiro atoms. The zero-order chi connectivity index (χ0) is 21.3. The Hall–Kier alpha value is -2.60. The van der Waals surface area contributed by atoms with Crippen LogP contribution in [0.25, 0.3) is 0 Å². The second kappa shape index (κ2) is 8.64. The van der Waals surface area contributed by atoms with Crippen LogP contribution in [0.3, 0.4) is 0 Å². The Morgan fingerprint density at radius 1 is 1.17 bits per heavy atom. The van der Waals surface area contributed by atoms with Crippen molar-refractivity contribution in [1.82, 2.24) is 9.88 Å². The lowest BCUT2D eigenvalue weighted by Gasteiger charge is -2.26. The summed E-state index contributed by atoms with van der Waals surface area (Å²) in [6, 6.07) is 8.28. The van der Waals surface area contributed by atoms with Crippen LogP contribution in [0.15, 0.2) is 24.3 Å². The highest BCUT2D eigenvalue weighted by Crippen LogP contribution is 2.28. The van der Waals surface area contributed by atoms with E-state index in [2.05, 4.69) is 34.1 Å². The first-order valence-corrected chi connectivity index (χ1v) is 10.9. The second-order valence-corrected chi connectivity index (χ2v) is 8.64. The molecule has 0 bridgehead atoms. The molecule has 6 heteroatoms. The maximum atomic E-state index is 13.6. The Labute approximate surface area is 178 Å². The highest BCUT2D eigenvalue weighted by molar-refractivity contribution is 6.04. The van der Waals surface area contributed by atoms with Crippen molar-refractivity contribution in [3.63, 3.8) is 0 Å². The van der Waals surface area contributed by atoms with Crippen molar-refractivity contribution in [2.75, 3.05) is 32.1 Å². The molecule has 1 N–H and O–H groups in total. The molecule has 1 aliphatic heterocycles. The van der Waals surface area contributed by atoms with Gasteiger partial charge in [0.15, 0.2) is 5.78 Å². The Balaban J connectivity index is 1.60. The van der Waals surface area contributed by atoms with E-state index in [1.807, 2.05) is 25.9 Å². The molecule has 160 valence electrons. The predicted octanol–water partition coefficient (Wildman–Crippen LogP) is 3.73. The normalized spacial score (nSPS) is 18.4. The van der Waals surface area contributed by atoms with Crippen LogP contribution in [0.1, 0.15) is 63.4 Å². The Bertz CT molecular complexity index is 924. The van der Waals surface area contributed by atoms with Gasteiger partial charge in [0.1, 0.15) is 5.69 Å². The highest BCUT2D eigenvalue weighted by atomic mass is 16.5. The summed E-state index contributed by atoms with van der Waals surface area (Å²) in [6.45, 7) is 3.73. The number of H-pyrrole nitrogens is 1. The zero-order valence-corrected chi connectivity index (χ0v) is 18.2. The topological polar surface area (TPSA) is 65.6 Å². The number of ether oxygens (including phenoxy) is 1. The number of carbonyl (C=O) groups is 2. The third-order valence-electron chi connectivity index (χ3n) is 6.21. The summed E-state index contributed by atoms with van der Waals surface area (Å²) in [7, 11) is 4.03. The molecule has 2 aliphatic rings. The number of aromatic amines is 1. The van der Waals surface area contributed by atoms with E-state index in [1.54, 1.807) is 0 Å². The molecule has 6 nitrogen and oxygen atoms in total. The predicted molar refractivity (Wildman–Crippen MR) is 117 cm³/mol. The number of nitrogens with one attached hydrogen (secondary N) is 1. The molecule has 30 heavy (non-hydrogen) atoms. The first kappa shape index (κ1) is 20.7. The molecular formula is C24H31N3O3. The summed E-state index contributed by atoms with van der Waals surface area (Å²) in [5.74, 6) is 0.0934. The molecule has 1 aromatic heterocycles. The van der Waals surface area contributed by atoms with Gasteiger partial charge in [-0.2, -0.15) is 0 Å². The maximum Gasteiger partial charge on any atom is 0.270 e. The molecule has 1 fully saturated rings. The van der Waals surface area contributed by atoms with E-state index >= 15 is 0 Å². The summed E-state index contributed by atoms with van der Waals surface area (Å²) in [6.07, 6.45) is 4.32. The largest absolute Gasteiger partial charge is 0.378 e. The van der Waals surface area contributed by atoms with Crippen LogP contribution in [-0.4, -0.2) is 54.9 Å². The fraction of sp³-hybridized carbons (Fsp3) is 0.500. The van der Waals surface area contributed by atoms with Crippen molar-refractivity contribution in [3.05, 3.63) is 52.3 Å². The highest BCUT2D eigenvalue weighted by Gasteiger charge is 2.30. The van der Waals surface area contributed by atoms with Gasteiger partial charge in [0.05, 0.1) is 6.10 Å². The molecule has 2 aromatic rings. The van der Waals surface area contributed by atoms with Crippen molar-refractivity contribution >= 4 is 17.4 Å². The fourth-order valence-electron chi connectivity index (χ4n) is 4.52. The quantitative estimate of drug-likeness (QED) is 0.790. The van der Waals surface area contributed by atoms with E-state index in [0.717, 1.165) is 60.4 Å². The molecule has 2 heterocycles. The summed E-state index contributed by atoms with van der Waals surface area (Å²) in [5.41, 5.74) is 5.20. The fourth-order valence-corrected chi connectivity index (χ4v) is 4.52. The number of hydrogen-bond acceptors (Lipinski definition) is 4. The molecular weight excluding hydrogens is 378 g/mol. The molecule has 4 rings (SSSR count). The number of amides is 1. The average Bonchev–Trinajstić information content (AvgIpc) is 3.36. The standard InChI is InChI=1S/C24H31N3O3/c1-16-22-20(7-4-8-21(22)28)25-23(16)24(29)27(15-19-6-5-13-30-19)14-17-9-11-18(12-10-17)26(2)3/h9-12,19,25H,4-8,13-15H2,1-3H3. The molecule has 1 aromatic carbocycles. The van der Waals surface area contributed by atoms with Gasteiger partial charge in [0.25, 0.3) is 5.91 Å². The Kier molecular flexibility index (Phi) is 5.95. The summed E-state index contributed by atoms with van der Waals surface area (Å²) in [5, 5.41) is 0. The molecule has 1 aliphatic carbocycles. The zero-order valence-electron chi connectivity index (χ0n) is 18.2. The Morgan fingerprint density at radius 3 is 2.57 bits per heavy atom. The SMILES string of the molecule is Cc1c(C(=O)N(Cc2ccc(N(C)C)cc2)CC2CCCO2)[nH]c2c1C(=O)CCC2. The number of aryl methyl sites for hydroxylation is 1. The van der Waals surface area contributed by atoms with Gasteiger partial charge in [-0.3, -0.25) is 9.59 Å². The first-order chi connectivity index (χ1) is 14.4. The number of benzene rings is 1. The number of anilines is 1. The summed E-state index contributed by atoms with van der Waals surface area (Å²) in [4.78, 5) is 33.2. The van der Waals surface area contributed by atoms with Gasteiger partial charge in [0.2, 0.25) is 0 Å². The van der Waals surface area contributed by atoms with Gasteiger partial charge < -0.3 is 19.5 Å². The number of hydrogen-bond donors (Lipinski definition) is 1. The minimum absolute atomic E-state index is 0.0538. The average molecular weight is 410 g/mol. The summed E-state index contributed by atoms with van der Waals surface area (Å²) < 4.78 is 5.82. The third-order valence-corrected chi connectivity index (χ3v) is 6.21. The lowest BCUT2D eigenvalue weighted by molar-refractivity contribution is 0.0502. The lowest BCUT2D eigenvalue weighted by Crippen LogP contribution is -2.37. The van der Waals surface area contributed by atoms with E-state index in [4.69, 9.17) is 4.74 Å². The van der Waals surface area contributed by atoms with Crippen molar-refractivity contribution < 1.29 is 14.3 Å². The molecule has 1 atom stereocenters. The van der Waals surface area contributed by atoms with Gasteiger partial charge in [-0.15, -0.1) is 0 Å². The van der Waals surface area contributed by atoms with Gasteiger partial charge in [-0.1, -0.05) is 12.1 Å². The van der Waals surface area contributed by atoms with Crippen molar-refractivity contribution in [2.24, 2.45) is 0 Å². The smallest absolute Gasteiger partial charge is 0.270 e. The lowest BCUT2D eigenvalue weighted by atomic mass is 9.93. The number of nitrogens with zero attached hydrogens (tertiary/aromatic N) is 2. The van der Waals surface area contributed by atoms with Crippen LogP contribution < -0.4 is 4.90 Å². The number of rotatable bonds is 6. The minimum atomic E-state index is -0.0538. The minimum Gasteiger partial charge on any atom is -0.378 e. The van der Waals surface area contributed by atoms with E-state index in [-0.39, 0.29) is 17.8 Å². The van der Waals surface area contributed by atoms with Crippen molar-refractivity contribution in [1.29, 1.82) is 0 Å². The third kappa shape index (κ3) is 4.15. The van der Waals surface area contributed by atoms with Crippen LogP contribution in [0.4, 0.5) is 5.69 Å². The number of carbonyl (C=O) groups excluding carboxylic acids is 2. The first-order valence-electron chi connectivity index (χ1n) is 10.9. The molecule has 0 saturated carbocycles. The van der Waals surface area contributed by atoms with Crippen LogP contribution >= 0.6 is 0 Å². The van der Waals surface area contributed by atoms with Crippen LogP contribution in [0, 0.1) is 6.92 Å². The van der Waals surface area contributed by atoms with E-state index in [1.165, 1.54) is 0 Å². The Morgan fingerprint density at radius 2 is 1.93 bits per heavy atom. The number of aromatic nitrogens is 1. The van der Waals surface area contributed by atoms with Crippen LogP contribution in [0.5, 0.6) is 0 Å². The van der Waals surface area contributed by atoms with Crippen molar-refractivity contribution in [2.45, 2.75) is 51.7 Å². The molecule has 1 unspecified atom stereocenters. The molecule has 1 amide bonds. The van der Waals surface area contributed by atoms with Crippen LogP contribution in [-0.2, 0) is 17.7 Å². The van der Waals surface area contributed by atoms with Gasteiger partial charge in [0, 0.05) is 57.2 Å². The second-order valence-electron chi connectivity index (χ2n) is 8.64. The summed E-state index contributed by atoms with van der Waals surface area (Å²) >= 11 is 0. The van der Waals surface area contributed by atoms with Crippen molar-refractivity contribution in [3.8, 4) is 0 Å².